The highest BCUT2D eigenvalue weighted by molar-refractivity contribution is 5.78. The quantitative estimate of drug-likeness (QED) is 0.896. The summed E-state index contributed by atoms with van der Waals surface area (Å²) in [7, 11) is 0. The Morgan fingerprint density at radius 3 is 2.92 bits per heavy atom. The molecule has 1 N–H and O–H groups in total. The van der Waals surface area contributed by atoms with Crippen LogP contribution in [0.25, 0.3) is 0 Å². The molecule has 26 heavy (non-hydrogen) atoms. The lowest BCUT2D eigenvalue weighted by Crippen LogP contribution is -2.42. The van der Waals surface area contributed by atoms with Crippen molar-refractivity contribution in [2.45, 2.75) is 64.2 Å². The number of hydrogen-bond acceptors (Lipinski definition) is 4. The van der Waals surface area contributed by atoms with E-state index in [2.05, 4.69) is 31.0 Å². The van der Waals surface area contributed by atoms with E-state index in [-0.39, 0.29) is 5.91 Å². The monoisotopic (exact) mass is 353 g/mol. The maximum Gasteiger partial charge on any atom is 0.224 e. The molecule has 0 radical (unpaired) electrons. The summed E-state index contributed by atoms with van der Waals surface area (Å²) in [5.74, 6) is 0.00723. The lowest BCUT2D eigenvalue weighted by atomic mass is 9.94. The van der Waals surface area contributed by atoms with Crippen LogP contribution in [0.15, 0.2) is 30.6 Å². The standard InChI is InChI=1S/C20H27N5O/c26-20(11-16-5-4-8-21-13-16)22-14-17-12-19-15-24(9-10-25(19)23-17)18-6-2-1-3-7-18/h4-5,8,12-13,18H,1-3,6-7,9-11,14-15H2,(H,22,26). The number of hydrogen-bond donors (Lipinski definition) is 1. The lowest BCUT2D eigenvalue weighted by molar-refractivity contribution is -0.120. The second kappa shape index (κ2) is 7.99. The van der Waals surface area contributed by atoms with Crippen molar-refractivity contribution in [1.82, 2.24) is 25.0 Å². The third-order valence-corrected chi connectivity index (χ3v) is 5.52. The summed E-state index contributed by atoms with van der Waals surface area (Å²) in [5, 5.41) is 7.65. The van der Waals surface area contributed by atoms with Crippen LogP contribution in [0.5, 0.6) is 0 Å². The average Bonchev–Trinajstić information content (AvgIpc) is 3.10. The summed E-state index contributed by atoms with van der Waals surface area (Å²) < 4.78 is 2.11. The van der Waals surface area contributed by atoms with E-state index in [9.17, 15) is 4.79 Å². The van der Waals surface area contributed by atoms with Crippen molar-refractivity contribution in [2.75, 3.05) is 6.54 Å². The number of pyridine rings is 1. The summed E-state index contributed by atoms with van der Waals surface area (Å²) >= 11 is 0. The van der Waals surface area contributed by atoms with Gasteiger partial charge in [-0.2, -0.15) is 5.10 Å². The van der Waals surface area contributed by atoms with Crippen LogP contribution in [-0.2, 0) is 30.8 Å². The summed E-state index contributed by atoms with van der Waals surface area (Å²) in [5.41, 5.74) is 3.15. The summed E-state index contributed by atoms with van der Waals surface area (Å²) in [6.45, 7) is 3.52. The second-order valence-electron chi connectivity index (χ2n) is 7.43. The van der Waals surface area contributed by atoms with Crippen LogP contribution in [0.3, 0.4) is 0 Å². The Bertz CT molecular complexity index is 736. The fourth-order valence-corrected chi connectivity index (χ4v) is 4.13. The van der Waals surface area contributed by atoms with Gasteiger partial charge in [0.25, 0.3) is 0 Å². The number of aromatic nitrogens is 3. The highest BCUT2D eigenvalue weighted by Crippen LogP contribution is 2.26. The minimum atomic E-state index is 0.00723. The molecule has 2 aliphatic rings. The first kappa shape index (κ1) is 17.2. The molecule has 2 aromatic heterocycles. The SMILES string of the molecule is O=C(Cc1cccnc1)NCc1cc2n(n1)CCN(C1CCCCC1)C2. The number of amides is 1. The van der Waals surface area contributed by atoms with E-state index in [0.29, 0.717) is 13.0 Å². The Hall–Kier alpha value is -2.21. The van der Waals surface area contributed by atoms with Crippen molar-refractivity contribution in [1.29, 1.82) is 0 Å². The molecule has 6 heteroatoms. The predicted molar refractivity (Wildman–Crippen MR) is 99.3 cm³/mol. The molecule has 3 heterocycles. The Morgan fingerprint density at radius 2 is 2.12 bits per heavy atom. The van der Waals surface area contributed by atoms with Gasteiger partial charge in [-0.25, -0.2) is 0 Å². The number of carbonyl (C=O) groups is 1. The van der Waals surface area contributed by atoms with Crippen LogP contribution in [0, 0.1) is 0 Å². The molecule has 2 aromatic rings. The molecular formula is C20H27N5O. The average molecular weight is 353 g/mol. The topological polar surface area (TPSA) is 63.1 Å². The first-order valence-corrected chi connectivity index (χ1v) is 9.73. The Labute approximate surface area is 154 Å². The molecule has 0 aromatic carbocycles. The molecule has 1 saturated carbocycles. The maximum absolute atomic E-state index is 12.1. The summed E-state index contributed by atoms with van der Waals surface area (Å²) in [6, 6.07) is 6.67. The van der Waals surface area contributed by atoms with Crippen molar-refractivity contribution in [3.8, 4) is 0 Å². The van der Waals surface area contributed by atoms with Crippen LogP contribution in [0.1, 0.15) is 49.1 Å². The lowest BCUT2D eigenvalue weighted by Gasteiger charge is -2.36. The van der Waals surface area contributed by atoms with E-state index in [1.807, 2.05) is 12.1 Å². The van der Waals surface area contributed by atoms with Gasteiger partial charge < -0.3 is 5.32 Å². The number of rotatable bonds is 5. The summed E-state index contributed by atoms with van der Waals surface area (Å²) in [4.78, 5) is 18.8. The van der Waals surface area contributed by atoms with Crippen LogP contribution < -0.4 is 5.32 Å². The van der Waals surface area contributed by atoms with E-state index < -0.39 is 0 Å². The fourth-order valence-electron chi connectivity index (χ4n) is 4.13. The smallest absolute Gasteiger partial charge is 0.224 e. The van der Waals surface area contributed by atoms with E-state index in [4.69, 9.17) is 0 Å². The van der Waals surface area contributed by atoms with Gasteiger partial charge in [-0.3, -0.25) is 19.4 Å². The minimum absolute atomic E-state index is 0.00723. The maximum atomic E-state index is 12.1. The minimum Gasteiger partial charge on any atom is -0.350 e. The number of nitrogens with one attached hydrogen (secondary N) is 1. The van der Waals surface area contributed by atoms with Crippen molar-refractivity contribution in [3.05, 3.63) is 47.5 Å². The van der Waals surface area contributed by atoms with E-state index in [1.165, 1.54) is 37.8 Å². The molecule has 0 atom stereocenters. The number of nitrogens with zero attached hydrogens (tertiary/aromatic N) is 4. The third-order valence-electron chi connectivity index (χ3n) is 5.52. The van der Waals surface area contributed by atoms with Crippen LogP contribution in [0.4, 0.5) is 0 Å². The van der Waals surface area contributed by atoms with E-state index >= 15 is 0 Å². The van der Waals surface area contributed by atoms with Crippen LogP contribution in [0.2, 0.25) is 0 Å². The fraction of sp³-hybridized carbons (Fsp3) is 0.550. The van der Waals surface area contributed by atoms with E-state index in [1.54, 1.807) is 12.4 Å². The van der Waals surface area contributed by atoms with Gasteiger partial charge >= 0.3 is 0 Å². The molecule has 1 amide bonds. The zero-order chi connectivity index (χ0) is 17.8. The molecule has 0 spiro atoms. The molecule has 0 saturated heterocycles. The Balaban J connectivity index is 1.31. The van der Waals surface area contributed by atoms with Gasteiger partial charge in [0.1, 0.15) is 0 Å². The zero-order valence-corrected chi connectivity index (χ0v) is 15.2. The largest absolute Gasteiger partial charge is 0.350 e. The van der Waals surface area contributed by atoms with Crippen molar-refractivity contribution in [2.24, 2.45) is 0 Å². The van der Waals surface area contributed by atoms with Crippen LogP contribution in [-0.4, -0.2) is 38.2 Å². The first-order chi connectivity index (χ1) is 12.8. The highest BCUT2D eigenvalue weighted by Gasteiger charge is 2.25. The molecular weight excluding hydrogens is 326 g/mol. The Kier molecular flexibility index (Phi) is 5.29. The third kappa shape index (κ3) is 4.12. The van der Waals surface area contributed by atoms with Gasteiger partial charge in [0, 0.05) is 31.5 Å². The molecule has 0 unspecified atom stereocenters. The van der Waals surface area contributed by atoms with Gasteiger partial charge in [-0.05, 0) is 30.5 Å². The second-order valence-corrected chi connectivity index (χ2v) is 7.43. The van der Waals surface area contributed by atoms with Crippen LogP contribution >= 0.6 is 0 Å². The van der Waals surface area contributed by atoms with Gasteiger partial charge in [0.2, 0.25) is 5.91 Å². The van der Waals surface area contributed by atoms with Gasteiger partial charge in [-0.15, -0.1) is 0 Å². The molecule has 138 valence electrons. The van der Waals surface area contributed by atoms with Crippen molar-refractivity contribution in [3.63, 3.8) is 0 Å². The van der Waals surface area contributed by atoms with Gasteiger partial charge in [-0.1, -0.05) is 25.3 Å². The first-order valence-electron chi connectivity index (χ1n) is 9.73. The molecule has 1 aliphatic carbocycles. The van der Waals surface area contributed by atoms with Gasteiger partial charge in [0.15, 0.2) is 0 Å². The molecule has 0 bridgehead atoms. The number of carbonyl (C=O) groups excluding carboxylic acids is 1. The van der Waals surface area contributed by atoms with Gasteiger partial charge in [0.05, 0.1) is 30.9 Å². The molecule has 1 aliphatic heterocycles. The van der Waals surface area contributed by atoms with E-state index in [0.717, 1.165) is 36.9 Å². The highest BCUT2D eigenvalue weighted by atomic mass is 16.1. The number of fused-ring (bicyclic) bond motifs is 1. The molecule has 1 fully saturated rings. The normalized spacial score (nSPS) is 18.5. The predicted octanol–water partition coefficient (Wildman–Crippen LogP) is 2.29. The van der Waals surface area contributed by atoms with Crippen molar-refractivity contribution < 1.29 is 4.79 Å². The van der Waals surface area contributed by atoms with Crippen molar-refractivity contribution >= 4 is 5.91 Å². The molecule has 6 nitrogen and oxygen atoms in total. The molecule has 4 rings (SSSR count). The Morgan fingerprint density at radius 1 is 1.23 bits per heavy atom. The summed E-state index contributed by atoms with van der Waals surface area (Å²) in [6.07, 6.45) is 10.6. The zero-order valence-electron chi connectivity index (χ0n) is 15.2.